The van der Waals surface area contributed by atoms with Crippen molar-refractivity contribution in [1.29, 1.82) is 0 Å². The van der Waals surface area contributed by atoms with Crippen molar-refractivity contribution in [3.8, 4) is 11.4 Å². The SMILES string of the molecule is Cc1c(NS(=O)(=O)c2ccc3c(c2)CCO3)c(=O)n(-c2ccccc2)n1C. The van der Waals surface area contributed by atoms with Gasteiger partial charge in [0.15, 0.2) is 0 Å². The first kappa shape index (κ1) is 17.4. The monoisotopic (exact) mass is 385 g/mol. The van der Waals surface area contributed by atoms with E-state index in [1.165, 1.54) is 10.7 Å². The molecule has 1 aromatic heterocycles. The third-order valence-corrected chi connectivity index (χ3v) is 6.11. The highest BCUT2D eigenvalue weighted by molar-refractivity contribution is 7.92. The number of ether oxygens (including phenoxy) is 1. The van der Waals surface area contributed by atoms with E-state index in [1.54, 1.807) is 42.9 Å². The summed E-state index contributed by atoms with van der Waals surface area (Å²) in [7, 11) is -2.18. The topological polar surface area (TPSA) is 82.3 Å². The molecule has 0 saturated carbocycles. The van der Waals surface area contributed by atoms with Gasteiger partial charge in [0.05, 0.1) is 22.9 Å². The predicted molar refractivity (Wildman–Crippen MR) is 102 cm³/mol. The number of benzene rings is 2. The molecule has 27 heavy (non-hydrogen) atoms. The first-order valence-electron chi connectivity index (χ1n) is 8.51. The van der Waals surface area contributed by atoms with Crippen LogP contribution in [0.4, 0.5) is 5.69 Å². The van der Waals surface area contributed by atoms with Crippen LogP contribution in [0.3, 0.4) is 0 Å². The maximum absolute atomic E-state index is 12.9. The minimum Gasteiger partial charge on any atom is -0.493 e. The average Bonchev–Trinajstić information content (AvgIpc) is 3.21. The summed E-state index contributed by atoms with van der Waals surface area (Å²) in [6.45, 7) is 2.25. The Bertz CT molecular complexity index is 1180. The maximum atomic E-state index is 12.9. The summed E-state index contributed by atoms with van der Waals surface area (Å²) < 4.78 is 36.7. The van der Waals surface area contributed by atoms with E-state index in [-0.39, 0.29) is 10.6 Å². The lowest BCUT2D eigenvalue weighted by Crippen LogP contribution is -2.23. The van der Waals surface area contributed by atoms with Gasteiger partial charge in [0.1, 0.15) is 11.4 Å². The van der Waals surface area contributed by atoms with E-state index in [2.05, 4.69) is 4.72 Å². The van der Waals surface area contributed by atoms with Gasteiger partial charge in [-0.2, -0.15) is 0 Å². The molecule has 0 unspecified atom stereocenters. The number of hydrogen-bond donors (Lipinski definition) is 1. The van der Waals surface area contributed by atoms with Gasteiger partial charge in [-0.3, -0.25) is 14.2 Å². The molecule has 1 N–H and O–H groups in total. The van der Waals surface area contributed by atoms with E-state index >= 15 is 0 Å². The van der Waals surface area contributed by atoms with Gasteiger partial charge in [-0.25, -0.2) is 13.1 Å². The summed E-state index contributed by atoms with van der Waals surface area (Å²) in [4.78, 5) is 13.0. The number of para-hydroxylation sites is 1. The lowest BCUT2D eigenvalue weighted by molar-refractivity contribution is 0.356. The highest BCUT2D eigenvalue weighted by Crippen LogP contribution is 2.28. The zero-order valence-electron chi connectivity index (χ0n) is 15.0. The van der Waals surface area contributed by atoms with Gasteiger partial charge in [-0.15, -0.1) is 0 Å². The van der Waals surface area contributed by atoms with Crippen molar-refractivity contribution in [2.45, 2.75) is 18.2 Å². The molecule has 7 nitrogen and oxygen atoms in total. The van der Waals surface area contributed by atoms with E-state index in [0.717, 1.165) is 5.56 Å². The van der Waals surface area contributed by atoms with Crippen molar-refractivity contribution in [3.63, 3.8) is 0 Å². The molecule has 0 aliphatic carbocycles. The minimum absolute atomic E-state index is 0.0399. The fourth-order valence-electron chi connectivity index (χ4n) is 3.21. The second kappa shape index (κ2) is 6.31. The van der Waals surface area contributed by atoms with Crippen LogP contribution >= 0.6 is 0 Å². The molecule has 0 bridgehead atoms. The molecule has 0 saturated heterocycles. The molecule has 140 valence electrons. The van der Waals surface area contributed by atoms with E-state index in [0.29, 0.717) is 30.2 Å². The zero-order valence-corrected chi connectivity index (χ0v) is 15.8. The second-order valence-corrected chi connectivity index (χ2v) is 8.09. The van der Waals surface area contributed by atoms with Crippen LogP contribution in [0.5, 0.6) is 5.75 Å². The van der Waals surface area contributed by atoms with Crippen LogP contribution in [0.25, 0.3) is 5.69 Å². The third-order valence-electron chi connectivity index (χ3n) is 4.76. The average molecular weight is 385 g/mol. The van der Waals surface area contributed by atoms with Gasteiger partial charge in [-0.05, 0) is 42.8 Å². The van der Waals surface area contributed by atoms with Gasteiger partial charge in [0.2, 0.25) is 0 Å². The number of hydrogen-bond acceptors (Lipinski definition) is 4. The molecular weight excluding hydrogens is 366 g/mol. The molecular formula is C19H19N3O4S. The molecule has 1 aliphatic rings. The predicted octanol–water partition coefficient (Wildman–Crippen LogP) is 2.22. The van der Waals surface area contributed by atoms with E-state index in [9.17, 15) is 13.2 Å². The summed E-state index contributed by atoms with van der Waals surface area (Å²) >= 11 is 0. The van der Waals surface area contributed by atoms with Gasteiger partial charge < -0.3 is 4.74 Å². The van der Waals surface area contributed by atoms with Crippen molar-refractivity contribution in [2.75, 3.05) is 11.3 Å². The Balaban J connectivity index is 1.76. The fourth-order valence-corrected chi connectivity index (χ4v) is 4.38. The minimum atomic E-state index is -3.90. The molecule has 3 aromatic rings. The Labute approximate surface area is 156 Å². The van der Waals surface area contributed by atoms with Crippen molar-refractivity contribution in [2.24, 2.45) is 7.05 Å². The Hall–Kier alpha value is -3.00. The molecule has 8 heteroatoms. The molecule has 2 aromatic carbocycles. The van der Waals surface area contributed by atoms with Crippen molar-refractivity contribution in [1.82, 2.24) is 9.36 Å². The highest BCUT2D eigenvalue weighted by Gasteiger charge is 2.24. The first-order valence-corrected chi connectivity index (χ1v) is 9.99. The Morgan fingerprint density at radius 2 is 1.85 bits per heavy atom. The number of aromatic nitrogens is 2. The third kappa shape index (κ3) is 2.91. The number of nitrogens with one attached hydrogen (secondary N) is 1. The summed E-state index contributed by atoms with van der Waals surface area (Å²) in [5.41, 5.74) is 1.65. The molecule has 0 amide bonds. The molecule has 1 aliphatic heterocycles. The lowest BCUT2D eigenvalue weighted by atomic mass is 10.2. The van der Waals surface area contributed by atoms with Gasteiger partial charge in [0.25, 0.3) is 15.6 Å². The summed E-state index contributed by atoms with van der Waals surface area (Å²) in [6, 6.07) is 13.8. The van der Waals surface area contributed by atoms with Crippen molar-refractivity contribution < 1.29 is 13.2 Å². The van der Waals surface area contributed by atoms with Crippen LogP contribution in [-0.4, -0.2) is 24.4 Å². The fraction of sp³-hybridized carbons (Fsp3) is 0.211. The molecule has 4 rings (SSSR count). The Morgan fingerprint density at radius 3 is 2.59 bits per heavy atom. The summed E-state index contributed by atoms with van der Waals surface area (Å²) in [6.07, 6.45) is 0.671. The number of sulfonamides is 1. The maximum Gasteiger partial charge on any atom is 0.296 e. The Morgan fingerprint density at radius 1 is 1.11 bits per heavy atom. The zero-order chi connectivity index (χ0) is 19.2. The van der Waals surface area contributed by atoms with Gasteiger partial charge in [-0.1, -0.05) is 18.2 Å². The van der Waals surface area contributed by atoms with E-state index in [1.807, 2.05) is 18.2 Å². The largest absolute Gasteiger partial charge is 0.493 e. The number of nitrogens with zero attached hydrogens (tertiary/aromatic N) is 2. The van der Waals surface area contributed by atoms with E-state index in [4.69, 9.17) is 4.74 Å². The van der Waals surface area contributed by atoms with Crippen LogP contribution in [0, 0.1) is 6.92 Å². The van der Waals surface area contributed by atoms with E-state index < -0.39 is 15.6 Å². The smallest absolute Gasteiger partial charge is 0.296 e. The summed E-state index contributed by atoms with van der Waals surface area (Å²) in [5, 5.41) is 0. The first-order chi connectivity index (χ1) is 12.9. The van der Waals surface area contributed by atoms with Gasteiger partial charge >= 0.3 is 0 Å². The van der Waals surface area contributed by atoms with Crippen molar-refractivity contribution >= 4 is 15.7 Å². The molecule has 0 fully saturated rings. The van der Waals surface area contributed by atoms with Crippen LogP contribution in [0.1, 0.15) is 11.3 Å². The normalized spacial score (nSPS) is 13.3. The quantitative estimate of drug-likeness (QED) is 0.747. The molecule has 0 radical (unpaired) electrons. The number of fused-ring (bicyclic) bond motifs is 1. The molecule has 0 atom stereocenters. The summed E-state index contributed by atoms with van der Waals surface area (Å²) in [5.74, 6) is 0.705. The van der Waals surface area contributed by atoms with Gasteiger partial charge in [0, 0.05) is 13.5 Å². The number of rotatable bonds is 4. The standard InChI is InChI=1S/C19H19N3O4S/c1-13-18(19(23)22(21(13)2)15-6-4-3-5-7-15)20-27(24,25)16-8-9-17-14(12-16)10-11-26-17/h3-9,12,20H,10-11H2,1-2H3. The van der Waals surface area contributed by atoms with Crippen molar-refractivity contribution in [3.05, 3.63) is 70.1 Å². The van der Waals surface area contributed by atoms with Crippen LogP contribution in [0.15, 0.2) is 58.2 Å². The highest BCUT2D eigenvalue weighted by atomic mass is 32.2. The molecule has 2 heterocycles. The van der Waals surface area contributed by atoms with Crippen LogP contribution in [0.2, 0.25) is 0 Å². The van der Waals surface area contributed by atoms with Crippen LogP contribution in [-0.2, 0) is 23.5 Å². The van der Waals surface area contributed by atoms with Crippen LogP contribution < -0.4 is 15.0 Å². The Kier molecular flexibility index (Phi) is 4.07. The second-order valence-electron chi connectivity index (χ2n) is 6.41. The molecule has 0 spiro atoms. The lowest BCUT2D eigenvalue weighted by Gasteiger charge is -2.08. The number of anilines is 1.